The minimum absolute atomic E-state index is 0.00604. The van der Waals surface area contributed by atoms with E-state index in [1.165, 1.54) is 17.4 Å². The second-order valence-electron chi connectivity index (χ2n) is 5.99. The second-order valence-corrected chi connectivity index (χ2v) is 6.90. The van der Waals surface area contributed by atoms with Crippen LogP contribution in [0.1, 0.15) is 27.7 Å². The zero-order chi connectivity index (χ0) is 17.1. The maximum absolute atomic E-state index is 13.7. The first-order valence-electron chi connectivity index (χ1n) is 7.85. The second kappa shape index (κ2) is 7.23. The predicted octanol–water partition coefficient (Wildman–Crippen LogP) is 2.93. The summed E-state index contributed by atoms with van der Waals surface area (Å²) in [6, 6.07) is 8.45. The number of amides is 1. The Labute approximate surface area is 144 Å². The first-order valence-corrected chi connectivity index (χ1v) is 8.73. The maximum atomic E-state index is 13.7. The third-order valence-electron chi connectivity index (χ3n) is 4.12. The molecule has 1 aliphatic rings. The molecular formula is C18H19FN2O2S. The Bertz CT molecular complexity index is 759. The molecule has 3 rings (SSSR count). The van der Waals surface area contributed by atoms with Crippen molar-refractivity contribution in [1.29, 1.82) is 0 Å². The molecule has 0 N–H and O–H groups in total. The summed E-state index contributed by atoms with van der Waals surface area (Å²) in [4.78, 5) is 28.2. The molecular weight excluding hydrogens is 327 g/mol. The van der Waals surface area contributed by atoms with Crippen molar-refractivity contribution >= 4 is 23.0 Å². The van der Waals surface area contributed by atoms with Crippen LogP contribution in [0.25, 0.3) is 0 Å². The monoisotopic (exact) mass is 346 g/mol. The minimum Gasteiger partial charge on any atom is -0.336 e. The normalized spacial score (nSPS) is 15.8. The highest BCUT2D eigenvalue weighted by Crippen LogP contribution is 2.19. The smallest absolute Gasteiger partial charge is 0.237 e. The van der Waals surface area contributed by atoms with Gasteiger partial charge in [-0.25, -0.2) is 4.39 Å². The summed E-state index contributed by atoms with van der Waals surface area (Å²) in [7, 11) is 0. The largest absolute Gasteiger partial charge is 0.336 e. The standard InChI is InChI=1S/C18H19FN2O2S/c1-13(22)17-8-14(12-24-17)9-20-6-7-21(18(23)11-20)10-15-4-2-3-5-16(15)19/h2-5,8,12H,6-7,9-11H2,1H3. The molecule has 6 heteroatoms. The first kappa shape index (κ1) is 16.8. The van der Waals surface area contributed by atoms with Gasteiger partial charge in [-0.1, -0.05) is 18.2 Å². The van der Waals surface area contributed by atoms with E-state index in [4.69, 9.17) is 0 Å². The Morgan fingerprint density at radius 3 is 2.71 bits per heavy atom. The minimum atomic E-state index is -0.275. The number of ketones is 1. The van der Waals surface area contributed by atoms with Gasteiger partial charge < -0.3 is 4.90 Å². The van der Waals surface area contributed by atoms with Gasteiger partial charge in [-0.2, -0.15) is 0 Å². The van der Waals surface area contributed by atoms with Gasteiger partial charge in [0.2, 0.25) is 5.91 Å². The van der Waals surface area contributed by atoms with Gasteiger partial charge in [-0.3, -0.25) is 14.5 Å². The number of carbonyl (C=O) groups is 2. The highest BCUT2D eigenvalue weighted by molar-refractivity contribution is 7.12. The fourth-order valence-electron chi connectivity index (χ4n) is 2.79. The number of Topliss-reactive ketones (excluding diaryl/α,β-unsaturated/α-hetero) is 1. The summed E-state index contributed by atoms with van der Waals surface area (Å²) in [6.07, 6.45) is 0. The van der Waals surface area contributed by atoms with Crippen LogP contribution in [0.15, 0.2) is 35.7 Å². The van der Waals surface area contributed by atoms with E-state index in [1.807, 2.05) is 11.4 Å². The fraction of sp³-hybridized carbons (Fsp3) is 0.333. The number of piperazine rings is 1. The topological polar surface area (TPSA) is 40.6 Å². The Morgan fingerprint density at radius 1 is 1.25 bits per heavy atom. The SMILES string of the molecule is CC(=O)c1cc(CN2CCN(Cc3ccccc3F)C(=O)C2)cs1. The van der Waals surface area contributed by atoms with E-state index < -0.39 is 0 Å². The molecule has 1 aromatic heterocycles. The molecule has 0 atom stereocenters. The summed E-state index contributed by atoms with van der Waals surface area (Å²) in [5, 5.41) is 1.97. The molecule has 1 aliphatic heterocycles. The van der Waals surface area contributed by atoms with Crippen LogP contribution in [0, 0.1) is 5.82 Å². The van der Waals surface area contributed by atoms with Gasteiger partial charge in [0.1, 0.15) is 5.82 Å². The van der Waals surface area contributed by atoms with Crippen molar-refractivity contribution in [1.82, 2.24) is 9.80 Å². The summed E-state index contributed by atoms with van der Waals surface area (Å²) >= 11 is 1.44. The van der Waals surface area contributed by atoms with Crippen molar-refractivity contribution < 1.29 is 14.0 Å². The molecule has 4 nitrogen and oxygen atoms in total. The summed E-state index contributed by atoms with van der Waals surface area (Å²) in [5.41, 5.74) is 1.60. The summed E-state index contributed by atoms with van der Waals surface area (Å²) in [6.45, 7) is 4.16. The average molecular weight is 346 g/mol. The van der Waals surface area contributed by atoms with Crippen LogP contribution in [0.4, 0.5) is 4.39 Å². The molecule has 24 heavy (non-hydrogen) atoms. The van der Waals surface area contributed by atoms with Crippen LogP contribution < -0.4 is 0 Å². The molecule has 0 aliphatic carbocycles. The number of carbonyl (C=O) groups excluding carboxylic acids is 2. The van der Waals surface area contributed by atoms with Gasteiger partial charge >= 0.3 is 0 Å². The van der Waals surface area contributed by atoms with E-state index in [0.717, 1.165) is 17.0 Å². The number of rotatable bonds is 5. The third-order valence-corrected chi connectivity index (χ3v) is 5.20. The number of halogens is 1. The van der Waals surface area contributed by atoms with E-state index >= 15 is 0 Å². The van der Waals surface area contributed by atoms with Crippen molar-refractivity contribution in [3.8, 4) is 0 Å². The number of thiophene rings is 1. The van der Waals surface area contributed by atoms with Crippen molar-refractivity contribution in [3.63, 3.8) is 0 Å². The molecule has 1 saturated heterocycles. The van der Waals surface area contributed by atoms with Gasteiger partial charge in [0.05, 0.1) is 11.4 Å². The maximum Gasteiger partial charge on any atom is 0.237 e. The van der Waals surface area contributed by atoms with Crippen LogP contribution >= 0.6 is 11.3 Å². The van der Waals surface area contributed by atoms with Gasteiger partial charge in [0.15, 0.2) is 5.78 Å². The predicted molar refractivity (Wildman–Crippen MR) is 91.4 cm³/mol. The molecule has 2 aromatic rings. The van der Waals surface area contributed by atoms with E-state index in [2.05, 4.69) is 4.90 Å². The molecule has 1 amide bonds. The van der Waals surface area contributed by atoms with E-state index in [0.29, 0.717) is 31.7 Å². The zero-order valence-electron chi connectivity index (χ0n) is 13.5. The molecule has 0 bridgehead atoms. The Balaban J connectivity index is 1.58. The lowest BCUT2D eigenvalue weighted by Gasteiger charge is -2.34. The van der Waals surface area contributed by atoms with Crippen LogP contribution in [-0.2, 0) is 17.9 Å². The van der Waals surface area contributed by atoms with Gasteiger partial charge in [-0.05, 0) is 30.0 Å². The molecule has 0 unspecified atom stereocenters. The Kier molecular flexibility index (Phi) is 5.06. The van der Waals surface area contributed by atoms with E-state index in [1.54, 1.807) is 30.0 Å². The fourth-order valence-corrected chi connectivity index (χ4v) is 3.60. The Morgan fingerprint density at radius 2 is 2.04 bits per heavy atom. The van der Waals surface area contributed by atoms with Crippen LogP contribution in [0.2, 0.25) is 0 Å². The van der Waals surface area contributed by atoms with Crippen molar-refractivity contribution in [2.45, 2.75) is 20.0 Å². The lowest BCUT2D eigenvalue weighted by Crippen LogP contribution is -2.49. The quantitative estimate of drug-likeness (QED) is 0.782. The van der Waals surface area contributed by atoms with Crippen LogP contribution in [0.5, 0.6) is 0 Å². The Hall–Kier alpha value is -2.05. The van der Waals surface area contributed by atoms with E-state index in [9.17, 15) is 14.0 Å². The molecule has 0 radical (unpaired) electrons. The van der Waals surface area contributed by atoms with Gasteiger partial charge in [0, 0.05) is 31.7 Å². The number of benzene rings is 1. The van der Waals surface area contributed by atoms with Crippen molar-refractivity contribution in [2.75, 3.05) is 19.6 Å². The van der Waals surface area contributed by atoms with Crippen LogP contribution in [0.3, 0.4) is 0 Å². The molecule has 1 fully saturated rings. The van der Waals surface area contributed by atoms with Crippen molar-refractivity contribution in [3.05, 3.63) is 57.5 Å². The van der Waals surface area contributed by atoms with Gasteiger partial charge in [-0.15, -0.1) is 11.3 Å². The van der Waals surface area contributed by atoms with Gasteiger partial charge in [0.25, 0.3) is 0 Å². The molecule has 0 spiro atoms. The van der Waals surface area contributed by atoms with E-state index in [-0.39, 0.29) is 17.5 Å². The molecule has 126 valence electrons. The highest BCUT2D eigenvalue weighted by atomic mass is 32.1. The number of hydrogen-bond donors (Lipinski definition) is 0. The van der Waals surface area contributed by atoms with Crippen LogP contribution in [-0.4, -0.2) is 41.1 Å². The summed E-state index contributed by atoms with van der Waals surface area (Å²) < 4.78 is 13.7. The highest BCUT2D eigenvalue weighted by Gasteiger charge is 2.24. The molecule has 2 heterocycles. The third kappa shape index (κ3) is 3.88. The number of hydrogen-bond acceptors (Lipinski definition) is 4. The average Bonchev–Trinajstić information content (AvgIpc) is 3.01. The molecule has 0 saturated carbocycles. The zero-order valence-corrected chi connectivity index (χ0v) is 14.3. The first-order chi connectivity index (χ1) is 11.5. The number of nitrogens with zero attached hydrogens (tertiary/aromatic N) is 2. The molecule has 1 aromatic carbocycles. The lowest BCUT2D eigenvalue weighted by molar-refractivity contribution is -0.136. The summed E-state index contributed by atoms with van der Waals surface area (Å²) in [5.74, 6) is -0.202. The van der Waals surface area contributed by atoms with Crippen molar-refractivity contribution in [2.24, 2.45) is 0 Å². The lowest BCUT2D eigenvalue weighted by atomic mass is 10.1.